The van der Waals surface area contributed by atoms with Crippen molar-refractivity contribution in [2.75, 3.05) is 7.11 Å². The highest BCUT2D eigenvalue weighted by molar-refractivity contribution is 6.12. The molecule has 0 N–H and O–H groups in total. The predicted molar refractivity (Wildman–Crippen MR) is 103 cm³/mol. The molecular weight excluding hydrogens is 320 g/mol. The normalized spacial score (nSPS) is 14.1. The molecule has 2 heteroatoms. The molecule has 0 aromatic heterocycles. The number of ether oxygens (including phenoxy) is 1. The summed E-state index contributed by atoms with van der Waals surface area (Å²) >= 11 is 0. The number of hydrogen-bond donors (Lipinski definition) is 0. The van der Waals surface area contributed by atoms with E-state index in [9.17, 15) is 4.79 Å². The number of rotatable bonds is 3. The monoisotopic (exact) mass is 338 g/mol. The lowest BCUT2D eigenvalue weighted by Gasteiger charge is -2.31. The Morgan fingerprint density at radius 3 is 1.92 bits per heavy atom. The molecule has 1 unspecified atom stereocenters. The fourth-order valence-corrected chi connectivity index (χ4v) is 3.82. The quantitative estimate of drug-likeness (QED) is 0.642. The summed E-state index contributed by atoms with van der Waals surface area (Å²) < 4.78 is 5.26. The van der Waals surface area contributed by atoms with E-state index in [1.807, 2.05) is 72.8 Å². The molecule has 4 rings (SSSR count). The van der Waals surface area contributed by atoms with Crippen LogP contribution in [0.5, 0.6) is 5.75 Å². The molecule has 1 atom stereocenters. The van der Waals surface area contributed by atoms with Crippen LogP contribution in [0.15, 0.2) is 72.8 Å². The van der Waals surface area contributed by atoms with Crippen molar-refractivity contribution in [2.45, 2.75) is 11.8 Å². The van der Waals surface area contributed by atoms with Crippen molar-refractivity contribution >= 4 is 5.78 Å². The van der Waals surface area contributed by atoms with Gasteiger partial charge in [-0.15, -0.1) is 6.42 Å². The lowest BCUT2D eigenvalue weighted by Crippen LogP contribution is -2.23. The molecule has 0 heterocycles. The second-order valence-corrected chi connectivity index (χ2v) is 6.40. The third-order valence-electron chi connectivity index (χ3n) is 5.07. The first-order valence-corrected chi connectivity index (χ1v) is 8.57. The van der Waals surface area contributed by atoms with Gasteiger partial charge in [0.25, 0.3) is 0 Å². The Balaban J connectivity index is 1.91. The van der Waals surface area contributed by atoms with Crippen LogP contribution in [0.2, 0.25) is 0 Å². The van der Waals surface area contributed by atoms with Gasteiger partial charge in [-0.1, -0.05) is 66.6 Å². The highest BCUT2D eigenvalue weighted by Crippen LogP contribution is 2.44. The molecule has 3 aromatic carbocycles. The van der Waals surface area contributed by atoms with Crippen molar-refractivity contribution in [1.82, 2.24) is 0 Å². The van der Waals surface area contributed by atoms with Gasteiger partial charge < -0.3 is 4.74 Å². The van der Waals surface area contributed by atoms with Crippen LogP contribution in [0.3, 0.4) is 0 Å². The van der Waals surface area contributed by atoms with Crippen LogP contribution in [-0.2, 0) is 0 Å². The van der Waals surface area contributed by atoms with Gasteiger partial charge >= 0.3 is 0 Å². The number of carbonyl (C=O) groups is 1. The Bertz CT molecular complexity index is 959. The zero-order valence-electron chi connectivity index (χ0n) is 14.5. The van der Waals surface area contributed by atoms with Crippen LogP contribution < -0.4 is 4.74 Å². The topological polar surface area (TPSA) is 26.3 Å². The summed E-state index contributed by atoms with van der Waals surface area (Å²) in [6.45, 7) is 0. The molecule has 1 aliphatic carbocycles. The third-order valence-corrected chi connectivity index (χ3v) is 5.07. The molecule has 0 aliphatic heterocycles. The van der Waals surface area contributed by atoms with E-state index in [1.54, 1.807) is 7.11 Å². The third kappa shape index (κ3) is 2.50. The van der Waals surface area contributed by atoms with Crippen molar-refractivity contribution in [1.29, 1.82) is 0 Å². The molecule has 3 aromatic rings. The zero-order chi connectivity index (χ0) is 18.1. The highest BCUT2D eigenvalue weighted by Gasteiger charge is 2.35. The van der Waals surface area contributed by atoms with Crippen molar-refractivity contribution in [3.63, 3.8) is 0 Å². The average molecular weight is 338 g/mol. The Kier molecular flexibility index (Phi) is 4.07. The maximum Gasteiger partial charge on any atom is 0.193 e. The number of methoxy groups -OCH3 is 1. The molecule has 0 saturated carbocycles. The van der Waals surface area contributed by atoms with Gasteiger partial charge in [0, 0.05) is 17.0 Å². The van der Waals surface area contributed by atoms with E-state index >= 15 is 0 Å². The standard InChI is InChI=1S/C24H18O2/c1-3-18(16-12-14-17(26-2)15-13-16)23-19-8-4-6-10-21(19)24(25)22-11-7-5-9-20(22)23/h1,4-15,18,23H,2H3. The Hall–Kier alpha value is -3.31. The largest absolute Gasteiger partial charge is 0.497 e. The van der Waals surface area contributed by atoms with Gasteiger partial charge in [0.15, 0.2) is 5.78 Å². The van der Waals surface area contributed by atoms with Crippen molar-refractivity contribution in [3.8, 4) is 18.1 Å². The fraction of sp³-hybridized carbons (Fsp3) is 0.125. The van der Waals surface area contributed by atoms with E-state index < -0.39 is 0 Å². The van der Waals surface area contributed by atoms with E-state index in [2.05, 4.69) is 5.92 Å². The number of hydrogen-bond acceptors (Lipinski definition) is 2. The molecular formula is C24H18O2. The lowest BCUT2D eigenvalue weighted by atomic mass is 9.70. The summed E-state index contributed by atoms with van der Waals surface area (Å²) in [5.74, 6) is 3.61. The lowest BCUT2D eigenvalue weighted by molar-refractivity contribution is 0.103. The Labute approximate surface area is 153 Å². The fourth-order valence-electron chi connectivity index (χ4n) is 3.82. The van der Waals surface area contributed by atoms with Gasteiger partial charge in [-0.3, -0.25) is 4.79 Å². The van der Waals surface area contributed by atoms with Crippen LogP contribution in [0.1, 0.15) is 44.4 Å². The maximum absolute atomic E-state index is 12.9. The van der Waals surface area contributed by atoms with E-state index in [4.69, 9.17) is 11.2 Å². The summed E-state index contributed by atoms with van der Waals surface area (Å²) in [4.78, 5) is 12.9. The second-order valence-electron chi connectivity index (χ2n) is 6.40. The van der Waals surface area contributed by atoms with Gasteiger partial charge in [0.05, 0.1) is 13.0 Å². The van der Waals surface area contributed by atoms with E-state index in [0.29, 0.717) is 0 Å². The van der Waals surface area contributed by atoms with E-state index in [-0.39, 0.29) is 17.6 Å². The molecule has 0 radical (unpaired) electrons. The number of carbonyl (C=O) groups excluding carboxylic acids is 1. The summed E-state index contributed by atoms with van der Waals surface area (Å²) in [5.41, 5.74) is 4.51. The Morgan fingerprint density at radius 1 is 0.885 bits per heavy atom. The molecule has 0 bridgehead atoms. The van der Waals surface area contributed by atoms with Crippen LogP contribution in [0.25, 0.3) is 0 Å². The van der Waals surface area contributed by atoms with Gasteiger partial charge in [-0.2, -0.15) is 0 Å². The molecule has 0 saturated heterocycles. The minimum Gasteiger partial charge on any atom is -0.497 e. The minimum absolute atomic E-state index is 0.0569. The Morgan fingerprint density at radius 2 is 1.42 bits per heavy atom. The smallest absolute Gasteiger partial charge is 0.193 e. The molecule has 1 aliphatic rings. The van der Waals surface area contributed by atoms with Crippen molar-refractivity contribution in [3.05, 3.63) is 101 Å². The average Bonchev–Trinajstić information content (AvgIpc) is 2.71. The van der Waals surface area contributed by atoms with Crippen LogP contribution in [-0.4, -0.2) is 12.9 Å². The first kappa shape index (κ1) is 16.2. The van der Waals surface area contributed by atoms with Crippen molar-refractivity contribution < 1.29 is 9.53 Å². The molecule has 0 amide bonds. The van der Waals surface area contributed by atoms with Gasteiger partial charge in [-0.25, -0.2) is 0 Å². The number of terminal acetylenes is 1. The highest BCUT2D eigenvalue weighted by atomic mass is 16.5. The summed E-state index contributed by atoms with van der Waals surface area (Å²) in [7, 11) is 1.65. The number of fused-ring (bicyclic) bond motifs is 2. The van der Waals surface area contributed by atoms with Crippen LogP contribution >= 0.6 is 0 Å². The molecule has 0 fully saturated rings. The van der Waals surface area contributed by atoms with E-state index in [1.165, 1.54) is 0 Å². The summed E-state index contributed by atoms with van der Waals surface area (Å²) in [6.07, 6.45) is 5.99. The summed E-state index contributed by atoms with van der Waals surface area (Å²) in [5, 5.41) is 0. The predicted octanol–water partition coefficient (Wildman–Crippen LogP) is 4.79. The SMILES string of the molecule is C#CC(c1ccc(OC)cc1)C1c2ccccc2C(=O)c2ccccc21. The molecule has 126 valence electrons. The van der Waals surface area contributed by atoms with Crippen molar-refractivity contribution in [2.24, 2.45) is 0 Å². The van der Waals surface area contributed by atoms with Gasteiger partial charge in [0.1, 0.15) is 5.75 Å². The molecule has 0 spiro atoms. The first-order chi connectivity index (χ1) is 12.7. The zero-order valence-corrected chi connectivity index (χ0v) is 14.5. The summed E-state index contributed by atoms with van der Waals surface area (Å²) in [6, 6.07) is 23.4. The molecule has 2 nitrogen and oxygen atoms in total. The number of ketones is 1. The number of benzene rings is 3. The van der Waals surface area contributed by atoms with Crippen LogP contribution in [0.4, 0.5) is 0 Å². The molecule has 26 heavy (non-hydrogen) atoms. The van der Waals surface area contributed by atoms with E-state index in [0.717, 1.165) is 33.6 Å². The van der Waals surface area contributed by atoms with Crippen LogP contribution in [0, 0.1) is 12.3 Å². The minimum atomic E-state index is -0.170. The maximum atomic E-state index is 12.9. The first-order valence-electron chi connectivity index (χ1n) is 8.57. The second kappa shape index (κ2) is 6.54. The van der Waals surface area contributed by atoms with Gasteiger partial charge in [0.2, 0.25) is 0 Å². The van der Waals surface area contributed by atoms with Gasteiger partial charge in [-0.05, 0) is 28.8 Å².